The van der Waals surface area contributed by atoms with Crippen molar-refractivity contribution >= 4 is 17.5 Å². The van der Waals surface area contributed by atoms with Crippen molar-refractivity contribution in [2.75, 3.05) is 32.5 Å². The molecule has 0 fully saturated rings. The van der Waals surface area contributed by atoms with Crippen molar-refractivity contribution in [3.8, 4) is 0 Å². The average Bonchev–Trinajstić information content (AvgIpc) is 2.61. The highest BCUT2D eigenvalue weighted by molar-refractivity contribution is 6.06. The van der Waals surface area contributed by atoms with E-state index in [1.165, 1.54) is 5.56 Å². The Morgan fingerprint density at radius 2 is 1.52 bits per heavy atom. The first-order valence-corrected chi connectivity index (χ1v) is 9.12. The molecule has 0 spiro atoms. The molecule has 0 aromatic heterocycles. The van der Waals surface area contributed by atoms with E-state index in [0.717, 1.165) is 12.2 Å². The summed E-state index contributed by atoms with van der Waals surface area (Å²) in [5, 5.41) is 5.74. The van der Waals surface area contributed by atoms with Gasteiger partial charge in [-0.1, -0.05) is 39.0 Å². The van der Waals surface area contributed by atoms with Crippen molar-refractivity contribution in [1.82, 2.24) is 10.2 Å². The molecule has 0 saturated heterocycles. The number of hydrogen-bond acceptors (Lipinski definition) is 3. The van der Waals surface area contributed by atoms with E-state index in [9.17, 15) is 9.59 Å². The molecule has 0 radical (unpaired) electrons. The van der Waals surface area contributed by atoms with Gasteiger partial charge >= 0.3 is 0 Å². The molecule has 0 atom stereocenters. The van der Waals surface area contributed by atoms with Crippen LogP contribution in [0.3, 0.4) is 0 Å². The van der Waals surface area contributed by atoms with E-state index < -0.39 is 0 Å². The lowest BCUT2D eigenvalue weighted by Crippen LogP contribution is -2.31. The molecule has 0 aliphatic rings. The Morgan fingerprint density at radius 1 is 0.926 bits per heavy atom. The number of hydrogen-bond donors (Lipinski definition) is 2. The highest BCUT2D eigenvalue weighted by Gasteiger charge is 2.14. The van der Waals surface area contributed by atoms with Gasteiger partial charge in [0.15, 0.2) is 0 Å². The molecular weight excluding hydrogens is 338 g/mol. The summed E-state index contributed by atoms with van der Waals surface area (Å²) in [6.45, 7) is 7.76. The van der Waals surface area contributed by atoms with Crippen LogP contribution >= 0.6 is 0 Å². The van der Waals surface area contributed by atoms with Gasteiger partial charge in [0.05, 0.1) is 0 Å². The largest absolute Gasteiger partial charge is 0.351 e. The Morgan fingerprint density at radius 3 is 2.07 bits per heavy atom. The van der Waals surface area contributed by atoms with Crippen molar-refractivity contribution in [2.24, 2.45) is 0 Å². The van der Waals surface area contributed by atoms with Gasteiger partial charge in [-0.05, 0) is 55.4 Å². The van der Waals surface area contributed by atoms with Crippen LogP contribution in [0.1, 0.15) is 47.1 Å². The van der Waals surface area contributed by atoms with Gasteiger partial charge in [0.1, 0.15) is 0 Å². The molecule has 144 valence electrons. The molecular formula is C22H29N3O2. The first kappa shape index (κ1) is 20.6. The summed E-state index contributed by atoms with van der Waals surface area (Å²) in [6.07, 6.45) is 0. The molecule has 2 aromatic carbocycles. The summed E-state index contributed by atoms with van der Waals surface area (Å²) in [4.78, 5) is 26.7. The van der Waals surface area contributed by atoms with Crippen LogP contribution in [0, 0.1) is 0 Å². The Balaban J connectivity index is 2.03. The van der Waals surface area contributed by atoms with Gasteiger partial charge in [0, 0.05) is 29.9 Å². The summed E-state index contributed by atoms with van der Waals surface area (Å²) in [5.41, 5.74) is 2.93. The molecule has 0 heterocycles. The zero-order valence-corrected chi connectivity index (χ0v) is 16.8. The molecule has 2 rings (SSSR count). The lowest BCUT2D eigenvalue weighted by atomic mass is 9.87. The molecule has 2 N–H and O–H groups in total. The second-order valence-electron chi connectivity index (χ2n) is 7.92. The molecule has 5 heteroatoms. The zero-order chi connectivity index (χ0) is 20.0. The van der Waals surface area contributed by atoms with Crippen LogP contribution in [-0.2, 0) is 5.41 Å². The molecule has 0 bridgehead atoms. The van der Waals surface area contributed by atoms with Gasteiger partial charge in [-0.3, -0.25) is 9.59 Å². The van der Waals surface area contributed by atoms with Crippen LogP contribution in [-0.4, -0.2) is 43.9 Å². The fourth-order valence-electron chi connectivity index (χ4n) is 2.55. The number of nitrogens with one attached hydrogen (secondary N) is 2. The van der Waals surface area contributed by atoms with E-state index in [1.807, 2.05) is 43.3 Å². The Kier molecular flexibility index (Phi) is 6.75. The van der Waals surface area contributed by atoms with Crippen molar-refractivity contribution < 1.29 is 9.59 Å². The molecule has 0 aliphatic carbocycles. The van der Waals surface area contributed by atoms with Crippen LogP contribution in [0.4, 0.5) is 5.69 Å². The van der Waals surface area contributed by atoms with E-state index in [0.29, 0.717) is 17.7 Å². The number of amides is 2. The minimum absolute atomic E-state index is 0.0663. The minimum atomic E-state index is -0.235. The quantitative estimate of drug-likeness (QED) is 0.821. The number of anilines is 1. The number of carbonyl (C=O) groups excluding carboxylic acids is 2. The Labute approximate surface area is 161 Å². The van der Waals surface area contributed by atoms with E-state index >= 15 is 0 Å². The smallest absolute Gasteiger partial charge is 0.255 e. The second kappa shape index (κ2) is 8.82. The SMILES string of the molecule is CN(C)CCNC(=O)c1cccc(C(=O)Nc2ccc(C(C)(C)C)cc2)c1. The van der Waals surface area contributed by atoms with Gasteiger partial charge in [0.2, 0.25) is 0 Å². The fourth-order valence-corrected chi connectivity index (χ4v) is 2.55. The third kappa shape index (κ3) is 6.22. The van der Waals surface area contributed by atoms with Gasteiger partial charge in [-0.25, -0.2) is 0 Å². The Hall–Kier alpha value is -2.66. The molecule has 2 aromatic rings. The maximum Gasteiger partial charge on any atom is 0.255 e. The molecule has 27 heavy (non-hydrogen) atoms. The van der Waals surface area contributed by atoms with Crippen molar-refractivity contribution in [3.05, 3.63) is 65.2 Å². The van der Waals surface area contributed by atoms with Crippen molar-refractivity contribution in [3.63, 3.8) is 0 Å². The first-order valence-electron chi connectivity index (χ1n) is 9.12. The summed E-state index contributed by atoms with van der Waals surface area (Å²) < 4.78 is 0. The predicted molar refractivity (Wildman–Crippen MR) is 110 cm³/mol. The highest BCUT2D eigenvalue weighted by atomic mass is 16.2. The van der Waals surface area contributed by atoms with Gasteiger partial charge in [0.25, 0.3) is 11.8 Å². The zero-order valence-electron chi connectivity index (χ0n) is 16.8. The highest BCUT2D eigenvalue weighted by Crippen LogP contribution is 2.23. The lowest BCUT2D eigenvalue weighted by Gasteiger charge is -2.19. The average molecular weight is 367 g/mol. The summed E-state index contributed by atoms with van der Waals surface area (Å²) in [5.74, 6) is -0.414. The molecule has 0 unspecified atom stereocenters. The third-order valence-electron chi connectivity index (χ3n) is 4.24. The van der Waals surface area contributed by atoms with Crippen LogP contribution in [0.25, 0.3) is 0 Å². The predicted octanol–water partition coefficient (Wildman–Crippen LogP) is 3.53. The third-order valence-corrected chi connectivity index (χ3v) is 4.24. The van der Waals surface area contributed by atoms with E-state index in [4.69, 9.17) is 0 Å². The van der Waals surface area contributed by atoms with E-state index in [-0.39, 0.29) is 17.2 Å². The fraction of sp³-hybridized carbons (Fsp3) is 0.364. The van der Waals surface area contributed by atoms with Crippen LogP contribution in [0.2, 0.25) is 0 Å². The minimum Gasteiger partial charge on any atom is -0.351 e. The maximum atomic E-state index is 12.5. The summed E-state index contributed by atoms with van der Waals surface area (Å²) >= 11 is 0. The number of benzene rings is 2. The van der Waals surface area contributed by atoms with Crippen LogP contribution in [0.5, 0.6) is 0 Å². The van der Waals surface area contributed by atoms with Crippen molar-refractivity contribution in [1.29, 1.82) is 0 Å². The number of carbonyl (C=O) groups is 2. The molecule has 0 aliphatic heterocycles. The van der Waals surface area contributed by atoms with E-state index in [2.05, 4.69) is 31.4 Å². The Bertz CT molecular complexity index is 790. The van der Waals surface area contributed by atoms with Crippen LogP contribution < -0.4 is 10.6 Å². The summed E-state index contributed by atoms with van der Waals surface area (Å²) in [6, 6.07) is 14.6. The standard InChI is InChI=1S/C22H29N3O2/c1-22(2,3)18-9-11-19(12-10-18)24-21(27)17-8-6-7-16(15-17)20(26)23-13-14-25(4)5/h6-12,15H,13-14H2,1-5H3,(H,23,26)(H,24,27). The van der Waals surface area contributed by atoms with Gasteiger partial charge in [-0.15, -0.1) is 0 Å². The number of rotatable bonds is 6. The molecule has 2 amide bonds. The maximum absolute atomic E-state index is 12.5. The van der Waals surface area contributed by atoms with Crippen LogP contribution in [0.15, 0.2) is 48.5 Å². The normalized spacial score (nSPS) is 11.3. The number of nitrogens with zero attached hydrogens (tertiary/aromatic N) is 1. The van der Waals surface area contributed by atoms with Gasteiger partial charge in [-0.2, -0.15) is 0 Å². The lowest BCUT2D eigenvalue weighted by molar-refractivity contribution is 0.0951. The first-order chi connectivity index (χ1) is 12.7. The topological polar surface area (TPSA) is 61.4 Å². The number of likely N-dealkylation sites (N-methyl/N-ethyl adjacent to an activating group) is 1. The monoisotopic (exact) mass is 367 g/mol. The van der Waals surface area contributed by atoms with Gasteiger partial charge < -0.3 is 15.5 Å². The second-order valence-corrected chi connectivity index (χ2v) is 7.92. The van der Waals surface area contributed by atoms with E-state index in [1.54, 1.807) is 24.3 Å². The molecule has 0 saturated carbocycles. The van der Waals surface area contributed by atoms with Crippen molar-refractivity contribution in [2.45, 2.75) is 26.2 Å². The summed E-state index contributed by atoms with van der Waals surface area (Å²) in [7, 11) is 3.90. The molecule has 5 nitrogen and oxygen atoms in total.